The minimum atomic E-state index is -0.740. The van der Waals surface area contributed by atoms with E-state index in [0.717, 1.165) is 32.2 Å². The van der Waals surface area contributed by atoms with Crippen LogP contribution in [0.2, 0.25) is 0 Å². The molecule has 2 aliphatic carbocycles. The Balaban J connectivity index is 1.65. The van der Waals surface area contributed by atoms with Gasteiger partial charge in [0, 0.05) is 32.2 Å². The smallest absolute Gasteiger partial charge is 0.236 e. The van der Waals surface area contributed by atoms with Crippen molar-refractivity contribution in [1.29, 1.82) is 0 Å². The maximum Gasteiger partial charge on any atom is 0.236 e. The Labute approximate surface area is 119 Å². The average Bonchev–Trinajstić information content (AvgIpc) is 3.27. The molecule has 0 aromatic heterocycles. The van der Waals surface area contributed by atoms with Crippen LogP contribution in [0.3, 0.4) is 0 Å². The Kier molecular flexibility index (Phi) is 3.36. The van der Waals surface area contributed by atoms with Crippen molar-refractivity contribution in [3.05, 3.63) is 0 Å². The Hall–Kier alpha value is -1.30. The molecule has 0 spiro atoms. The third kappa shape index (κ3) is 2.16. The van der Waals surface area contributed by atoms with Crippen LogP contribution in [0.4, 0.5) is 0 Å². The van der Waals surface area contributed by atoms with E-state index in [9.17, 15) is 4.79 Å². The molecule has 0 aromatic rings. The first-order chi connectivity index (χ1) is 9.56. The second-order valence-electron chi connectivity index (χ2n) is 6.64. The molecule has 1 saturated heterocycles. The number of carbonyl (C=O) groups is 1. The SMILES string of the molecule is CC1CC(C(=O)N2CCN(C3CC3)CC2)(C(N)=NO)C1. The van der Waals surface area contributed by atoms with E-state index >= 15 is 0 Å². The quantitative estimate of drug-likeness (QED) is 0.340. The summed E-state index contributed by atoms with van der Waals surface area (Å²) in [6, 6.07) is 0.758. The van der Waals surface area contributed by atoms with Gasteiger partial charge in [0.25, 0.3) is 0 Å². The minimum absolute atomic E-state index is 0.0568. The van der Waals surface area contributed by atoms with Crippen molar-refractivity contribution >= 4 is 11.7 Å². The molecular weight excluding hydrogens is 256 g/mol. The van der Waals surface area contributed by atoms with E-state index in [-0.39, 0.29) is 11.7 Å². The fraction of sp³-hybridized carbons (Fsp3) is 0.857. The van der Waals surface area contributed by atoms with Crippen molar-refractivity contribution in [1.82, 2.24) is 9.80 Å². The maximum atomic E-state index is 12.8. The van der Waals surface area contributed by atoms with Gasteiger partial charge in [-0.15, -0.1) is 0 Å². The number of piperazine rings is 1. The van der Waals surface area contributed by atoms with Crippen molar-refractivity contribution in [3.63, 3.8) is 0 Å². The number of rotatable bonds is 3. The first-order valence-electron chi connectivity index (χ1n) is 7.58. The average molecular weight is 280 g/mol. The summed E-state index contributed by atoms with van der Waals surface area (Å²) in [6.07, 6.45) is 4.01. The summed E-state index contributed by atoms with van der Waals surface area (Å²) in [5, 5.41) is 12.1. The Morgan fingerprint density at radius 1 is 1.25 bits per heavy atom. The largest absolute Gasteiger partial charge is 0.409 e. The second kappa shape index (κ2) is 4.91. The van der Waals surface area contributed by atoms with Crippen LogP contribution in [0.1, 0.15) is 32.6 Å². The molecule has 1 amide bonds. The van der Waals surface area contributed by atoms with E-state index in [1.54, 1.807) is 0 Å². The summed E-state index contributed by atoms with van der Waals surface area (Å²) in [5.41, 5.74) is 5.07. The van der Waals surface area contributed by atoms with Gasteiger partial charge in [-0.2, -0.15) is 0 Å². The normalized spacial score (nSPS) is 35.8. The highest BCUT2D eigenvalue weighted by atomic mass is 16.4. The summed E-state index contributed by atoms with van der Waals surface area (Å²) in [7, 11) is 0. The predicted molar refractivity (Wildman–Crippen MR) is 75.4 cm³/mol. The molecule has 1 aliphatic heterocycles. The van der Waals surface area contributed by atoms with E-state index in [1.165, 1.54) is 12.8 Å². The lowest BCUT2D eigenvalue weighted by Gasteiger charge is -2.47. The minimum Gasteiger partial charge on any atom is -0.409 e. The van der Waals surface area contributed by atoms with Crippen LogP contribution >= 0.6 is 0 Å². The Morgan fingerprint density at radius 2 is 1.85 bits per heavy atom. The molecule has 3 fully saturated rings. The zero-order chi connectivity index (χ0) is 14.3. The van der Waals surface area contributed by atoms with Crippen LogP contribution in [0, 0.1) is 11.3 Å². The standard InChI is InChI=1S/C14H24N4O2/c1-10-8-14(9-10,12(15)16-20)13(19)18-6-4-17(5-7-18)11-2-3-11/h10-11,20H,2-9H2,1H3,(H2,15,16). The molecule has 6 nitrogen and oxygen atoms in total. The molecular formula is C14H24N4O2. The van der Waals surface area contributed by atoms with Gasteiger partial charge >= 0.3 is 0 Å². The lowest BCUT2D eigenvalue weighted by molar-refractivity contribution is -0.146. The van der Waals surface area contributed by atoms with Crippen LogP contribution in [0.15, 0.2) is 5.16 Å². The van der Waals surface area contributed by atoms with Crippen molar-refractivity contribution in [2.75, 3.05) is 26.2 Å². The number of nitrogens with two attached hydrogens (primary N) is 1. The third-order valence-corrected chi connectivity index (χ3v) is 5.07. The predicted octanol–water partition coefficient (Wildman–Crippen LogP) is 0.456. The molecule has 0 unspecified atom stereocenters. The van der Waals surface area contributed by atoms with Crippen molar-refractivity contribution in [2.45, 2.75) is 38.6 Å². The fourth-order valence-corrected chi connectivity index (χ4v) is 3.75. The van der Waals surface area contributed by atoms with Gasteiger partial charge in [0.05, 0.1) is 0 Å². The number of hydrogen-bond acceptors (Lipinski definition) is 4. The van der Waals surface area contributed by atoms with Crippen molar-refractivity contribution in [3.8, 4) is 0 Å². The summed E-state index contributed by atoms with van der Waals surface area (Å²) >= 11 is 0. The lowest BCUT2D eigenvalue weighted by Crippen LogP contribution is -2.60. The molecule has 0 radical (unpaired) electrons. The topological polar surface area (TPSA) is 82.2 Å². The van der Waals surface area contributed by atoms with Crippen LogP contribution in [-0.2, 0) is 4.79 Å². The van der Waals surface area contributed by atoms with E-state index in [2.05, 4.69) is 17.0 Å². The summed E-state index contributed by atoms with van der Waals surface area (Å²) in [6.45, 7) is 5.55. The molecule has 3 N–H and O–H groups in total. The summed E-state index contributed by atoms with van der Waals surface area (Å²) < 4.78 is 0. The van der Waals surface area contributed by atoms with Crippen LogP contribution in [0.25, 0.3) is 0 Å². The molecule has 0 aromatic carbocycles. The number of amidine groups is 1. The van der Waals surface area contributed by atoms with E-state index < -0.39 is 5.41 Å². The number of nitrogens with zero attached hydrogens (tertiary/aromatic N) is 3. The molecule has 0 bridgehead atoms. The molecule has 6 heteroatoms. The first kappa shape index (κ1) is 13.7. The summed E-state index contributed by atoms with van der Waals surface area (Å²) in [5.74, 6) is 0.610. The molecule has 1 heterocycles. The Morgan fingerprint density at radius 3 is 2.30 bits per heavy atom. The zero-order valence-corrected chi connectivity index (χ0v) is 12.1. The number of carbonyl (C=O) groups excluding carboxylic acids is 1. The number of hydrogen-bond donors (Lipinski definition) is 2. The van der Waals surface area contributed by atoms with Gasteiger partial charge in [0.1, 0.15) is 5.41 Å². The van der Waals surface area contributed by atoms with Gasteiger partial charge in [0.15, 0.2) is 5.84 Å². The molecule has 112 valence electrons. The maximum absolute atomic E-state index is 12.8. The highest BCUT2D eigenvalue weighted by molar-refractivity contribution is 6.07. The van der Waals surface area contributed by atoms with Crippen LogP contribution in [-0.4, -0.2) is 59.0 Å². The zero-order valence-electron chi connectivity index (χ0n) is 12.1. The molecule has 20 heavy (non-hydrogen) atoms. The second-order valence-corrected chi connectivity index (χ2v) is 6.64. The lowest BCUT2D eigenvalue weighted by atomic mass is 9.61. The van der Waals surface area contributed by atoms with E-state index in [0.29, 0.717) is 18.8 Å². The van der Waals surface area contributed by atoms with Gasteiger partial charge < -0.3 is 15.8 Å². The van der Waals surface area contributed by atoms with Crippen LogP contribution in [0.5, 0.6) is 0 Å². The third-order valence-electron chi connectivity index (χ3n) is 5.07. The van der Waals surface area contributed by atoms with E-state index in [1.807, 2.05) is 4.90 Å². The molecule has 0 atom stereocenters. The highest BCUT2D eigenvalue weighted by Crippen LogP contribution is 2.47. The van der Waals surface area contributed by atoms with Gasteiger partial charge in [-0.1, -0.05) is 12.1 Å². The Bertz CT molecular complexity index is 419. The first-order valence-corrected chi connectivity index (χ1v) is 7.58. The van der Waals surface area contributed by atoms with Crippen LogP contribution < -0.4 is 5.73 Å². The van der Waals surface area contributed by atoms with Gasteiger partial charge in [-0.25, -0.2) is 0 Å². The van der Waals surface area contributed by atoms with Gasteiger partial charge in [-0.3, -0.25) is 9.69 Å². The molecule has 3 aliphatic rings. The van der Waals surface area contributed by atoms with Crippen molar-refractivity contribution in [2.24, 2.45) is 22.2 Å². The van der Waals surface area contributed by atoms with E-state index in [4.69, 9.17) is 10.9 Å². The van der Waals surface area contributed by atoms with Crippen molar-refractivity contribution < 1.29 is 10.0 Å². The fourth-order valence-electron chi connectivity index (χ4n) is 3.75. The number of amides is 1. The monoisotopic (exact) mass is 280 g/mol. The molecule has 2 saturated carbocycles. The number of oxime groups is 1. The van der Waals surface area contributed by atoms with Gasteiger partial charge in [-0.05, 0) is 31.6 Å². The summed E-state index contributed by atoms with van der Waals surface area (Å²) in [4.78, 5) is 17.2. The highest BCUT2D eigenvalue weighted by Gasteiger charge is 2.54. The molecule has 3 rings (SSSR count). The van der Waals surface area contributed by atoms with Gasteiger partial charge in [0.2, 0.25) is 5.91 Å².